The Balaban J connectivity index is 1.54. The number of hydrogen-bond donors (Lipinski definition) is 1. The lowest BCUT2D eigenvalue weighted by Gasteiger charge is -2.08. The van der Waals surface area contributed by atoms with Crippen LogP contribution in [0.3, 0.4) is 0 Å². The number of benzene rings is 1. The summed E-state index contributed by atoms with van der Waals surface area (Å²) in [6.45, 7) is 1.84. The van der Waals surface area contributed by atoms with Gasteiger partial charge in [0.1, 0.15) is 12.1 Å². The number of carbonyl (C=O) groups excluding carboxylic acids is 1. The molecule has 3 heterocycles. The Kier molecular flexibility index (Phi) is 5.13. The van der Waals surface area contributed by atoms with Gasteiger partial charge in [-0.1, -0.05) is 11.3 Å². The summed E-state index contributed by atoms with van der Waals surface area (Å²) in [7, 11) is 3.21. The minimum atomic E-state index is -0.361. The van der Waals surface area contributed by atoms with E-state index in [0.717, 1.165) is 17.0 Å². The normalized spacial score (nSPS) is 12.0. The second-order valence-corrected chi connectivity index (χ2v) is 7.34. The lowest BCUT2D eigenvalue weighted by molar-refractivity contribution is 0.0942. The van der Waals surface area contributed by atoms with Crippen LogP contribution in [0.4, 0.5) is 0 Å². The maximum absolute atomic E-state index is 12.4. The molecule has 0 radical (unpaired) electrons. The zero-order valence-corrected chi connectivity index (χ0v) is 16.9. The molecule has 8 nitrogen and oxygen atoms in total. The van der Waals surface area contributed by atoms with Crippen molar-refractivity contribution in [2.45, 2.75) is 13.0 Å². The summed E-state index contributed by atoms with van der Waals surface area (Å²) in [5.74, 6) is 1.10. The van der Waals surface area contributed by atoms with Gasteiger partial charge in [0, 0.05) is 11.6 Å². The van der Waals surface area contributed by atoms with E-state index in [1.165, 1.54) is 11.3 Å². The fourth-order valence-electron chi connectivity index (χ4n) is 2.80. The van der Waals surface area contributed by atoms with Crippen LogP contribution in [0, 0.1) is 0 Å². The molecule has 9 heteroatoms. The Morgan fingerprint density at radius 2 is 1.93 bits per heavy atom. The molecule has 4 rings (SSSR count). The Labute approximate surface area is 171 Å². The van der Waals surface area contributed by atoms with Crippen LogP contribution in [-0.2, 0) is 0 Å². The fourth-order valence-corrected chi connectivity index (χ4v) is 3.52. The molecule has 148 valence electrons. The lowest BCUT2D eigenvalue weighted by atomic mass is 10.1. The van der Waals surface area contributed by atoms with Crippen LogP contribution in [-0.4, -0.2) is 39.7 Å². The van der Waals surface area contributed by atoms with Gasteiger partial charge in [0.2, 0.25) is 0 Å². The predicted octanol–water partition coefficient (Wildman–Crippen LogP) is 3.36. The third-order valence-electron chi connectivity index (χ3n) is 4.37. The second-order valence-electron chi connectivity index (χ2n) is 6.29. The van der Waals surface area contributed by atoms with E-state index in [1.807, 2.05) is 37.3 Å². The number of ether oxygens (including phenoxy) is 2. The number of fused-ring (bicyclic) bond motifs is 1. The van der Waals surface area contributed by atoms with Crippen LogP contribution in [0.5, 0.6) is 10.8 Å². The Morgan fingerprint density at radius 3 is 2.62 bits per heavy atom. The number of carbonyl (C=O) groups is 1. The van der Waals surface area contributed by atoms with E-state index in [4.69, 9.17) is 9.47 Å². The zero-order valence-electron chi connectivity index (χ0n) is 16.1. The molecule has 0 unspecified atom stereocenters. The number of amides is 1. The third-order valence-corrected chi connectivity index (χ3v) is 5.42. The Morgan fingerprint density at radius 1 is 1.14 bits per heavy atom. The van der Waals surface area contributed by atoms with Gasteiger partial charge in [0.25, 0.3) is 5.91 Å². The minimum absolute atomic E-state index is 0.193. The number of rotatable bonds is 6. The average Bonchev–Trinajstić information content (AvgIpc) is 3.40. The summed E-state index contributed by atoms with van der Waals surface area (Å²) in [4.78, 5) is 22.0. The minimum Gasteiger partial charge on any atom is -0.497 e. The first kappa shape index (κ1) is 18.9. The van der Waals surface area contributed by atoms with Gasteiger partial charge in [-0.2, -0.15) is 0 Å². The van der Waals surface area contributed by atoms with Crippen molar-refractivity contribution in [2.75, 3.05) is 14.2 Å². The fraction of sp³-hybridized carbons (Fsp3) is 0.200. The highest BCUT2D eigenvalue weighted by Gasteiger charge is 2.18. The van der Waals surface area contributed by atoms with Crippen molar-refractivity contribution >= 4 is 22.9 Å². The van der Waals surface area contributed by atoms with E-state index in [0.29, 0.717) is 21.4 Å². The molecule has 1 N–H and O–H groups in total. The quantitative estimate of drug-likeness (QED) is 0.525. The molecular formula is C20H19N5O3S. The molecule has 1 aromatic carbocycles. The van der Waals surface area contributed by atoms with Crippen molar-refractivity contribution in [1.29, 1.82) is 0 Å². The summed E-state index contributed by atoms with van der Waals surface area (Å²) in [5, 5.41) is 8.03. The van der Waals surface area contributed by atoms with E-state index in [9.17, 15) is 4.79 Å². The first-order valence-corrected chi connectivity index (χ1v) is 9.70. The molecule has 0 fully saturated rings. The number of thiophene rings is 1. The molecule has 0 aliphatic carbocycles. The summed E-state index contributed by atoms with van der Waals surface area (Å²) < 4.78 is 11.9. The lowest BCUT2D eigenvalue weighted by Crippen LogP contribution is -2.26. The van der Waals surface area contributed by atoms with Crippen LogP contribution in [0.1, 0.15) is 28.5 Å². The molecule has 0 saturated heterocycles. The molecule has 3 aromatic heterocycles. The number of nitrogens with one attached hydrogen (secondary N) is 1. The first-order valence-electron chi connectivity index (χ1n) is 8.89. The number of aromatic nitrogens is 4. The highest BCUT2D eigenvalue weighted by atomic mass is 32.1. The summed E-state index contributed by atoms with van der Waals surface area (Å²) in [5.41, 5.74) is 2.38. The molecule has 0 spiro atoms. The van der Waals surface area contributed by atoms with Gasteiger partial charge >= 0.3 is 0 Å². The van der Waals surface area contributed by atoms with Gasteiger partial charge in [0.05, 0.1) is 30.8 Å². The summed E-state index contributed by atoms with van der Waals surface area (Å²) in [6.07, 6.45) is 1.62. The molecular weight excluding hydrogens is 390 g/mol. The third kappa shape index (κ3) is 3.90. The number of nitrogens with zero attached hydrogens (tertiary/aromatic N) is 4. The highest BCUT2D eigenvalue weighted by Crippen LogP contribution is 2.25. The van der Waals surface area contributed by atoms with E-state index in [-0.39, 0.29) is 11.9 Å². The van der Waals surface area contributed by atoms with Crippen LogP contribution in [0.2, 0.25) is 0 Å². The summed E-state index contributed by atoms with van der Waals surface area (Å²) in [6, 6.07) is 12.6. The Hall–Kier alpha value is -3.46. The highest BCUT2D eigenvalue weighted by molar-refractivity contribution is 7.15. The van der Waals surface area contributed by atoms with E-state index in [2.05, 4.69) is 20.4 Å². The molecule has 0 aliphatic heterocycles. The maximum atomic E-state index is 12.4. The maximum Gasteiger partial charge on any atom is 0.262 e. The van der Waals surface area contributed by atoms with Crippen molar-refractivity contribution < 1.29 is 14.3 Å². The van der Waals surface area contributed by atoms with Gasteiger partial charge in [-0.25, -0.2) is 14.5 Å². The first-order chi connectivity index (χ1) is 14.1. The molecule has 0 bridgehead atoms. The predicted molar refractivity (Wildman–Crippen MR) is 110 cm³/mol. The molecule has 0 aliphatic rings. The molecule has 4 aromatic rings. The van der Waals surface area contributed by atoms with Crippen molar-refractivity contribution in [1.82, 2.24) is 24.9 Å². The van der Waals surface area contributed by atoms with Crippen LogP contribution in [0.25, 0.3) is 16.9 Å². The van der Waals surface area contributed by atoms with Crippen LogP contribution >= 0.6 is 11.3 Å². The van der Waals surface area contributed by atoms with Gasteiger partial charge in [-0.3, -0.25) is 4.79 Å². The van der Waals surface area contributed by atoms with Crippen molar-refractivity contribution in [3.8, 4) is 22.1 Å². The second kappa shape index (κ2) is 7.88. The van der Waals surface area contributed by atoms with Gasteiger partial charge in [-0.05, 0) is 43.3 Å². The van der Waals surface area contributed by atoms with Crippen molar-refractivity contribution in [3.63, 3.8) is 0 Å². The molecule has 29 heavy (non-hydrogen) atoms. The van der Waals surface area contributed by atoms with Gasteiger partial charge in [-0.15, -0.1) is 5.10 Å². The van der Waals surface area contributed by atoms with Crippen molar-refractivity contribution in [2.24, 2.45) is 0 Å². The van der Waals surface area contributed by atoms with E-state index < -0.39 is 0 Å². The zero-order chi connectivity index (χ0) is 20.4. The smallest absolute Gasteiger partial charge is 0.262 e. The Bertz CT molecular complexity index is 1150. The van der Waals surface area contributed by atoms with Crippen LogP contribution < -0.4 is 14.8 Å². The van der Waals surface area contributed by atoms with Gasteiger partial charge < -0.3 is 14.8 Å². The number of hydrogen-bond acceptors (Lipinski definition) is 7. The molecule has 0 saturated carbocycles. The topological polar surface area (TPSA) is 90.6 Å². The summed E-state index contributed by atoms with van der Waals surface area (Å²) >= 11 is 1.29. The van der Waals surface area contributed by atoms with Gasteiger partial charge in [0.15, 0.2) is 16.5 Å². The van der Waals surface area contributed by atoms with E-state index in [1.54, 1.807) is 37.2 Å². The SMILES string of the molecule is COc1ccc(-c2cc3nc([C@@H](C)NC(=O)c4ccc(OC)s4)nn3cn2)cc1. The van der Waals surface area contributed by atoms with Crippen molar-refractivity contribution in [3.05, 3.63) is 59.5 Å². The average molecular weight is 409 g/mol. The monoisotopic (exact) mass is 409 g/mol. The van der Waals surface area contributed by atoms with Crippen LogP contribution in [0.15, 0.2) is 48.8 Å². The largest absolute Gasteiger partial charge is 0.497 e. The molecule has 1 amide bonds. The van der Waals surface area contributed by atoms with E-state index >= 15 is 0 Å². The molecule has 1 atom stereocenters. The standard InChI is InChI=1S/C20H19N5O3S/c1-12(22-20(26)16-8-9-18(28-3)29-16)19-23-17-10-15(21-11-25(17)24-19)13-4-6-14(27-2)7-5-13/h4-12H,1-3H3,(H,22,26)/t12-/m1/s1. The number of methoxy groups -OCH3 is 2.